The summed E-state index contributed by atoms with van der Waals surface area (Å²) in [5, 5.41) is 2.62. The monoisotopic (exact) mass is 495 g/mol. The van der Waals surface area contributed by atoms with Crippen LogP contribution in [0.15, 0.2) is 52.3 Å². The molecule has 0 aromatic heterocycles. The maximum absolute atomic E-state index is 12.5. The normalized spacial score (nSPS) is 16.6. The molecule has 1 heterocycles. The fourth-order valence-corrected chi connectivity index (χ4v) is 5.84. The number of rotatable bonds is 10. The highest BCUT2D eigenvalue weighted by molar-refractivity contribution is 7.89. The van der Waals surface area contributed by atoms with Crippen LogP contribution in [0.1, 0.15) is 34.3 Å². The number of hydrogen-bond donors (Lipinski definition) is 3. The number of ether oxygens (including phenoxy) is 1. The van der Waals surface area contributed by atoms with E-state index < -0.39 is 26.0 Å². The van der Waals surface area contributed by atoms with Gasteiger partial charge in [-0.15, -0.1) is 0 Å². The molecule has 1 unspecified atom stereocenters. The number of sulfonamides is 2. The number of amides is 1. The molecular formula is C22H29N3O6S2. The largest absolute Gasteiger partial charge is 0.377 e. The lowest BCUT2D eigenvalue weighted by molar-refractivity contribution is 0.0954. The maximum Gasteiger partial charge on any atom is 0.251 e. The molecule has 180 valence electrons. The van der Waals surface area contributed by atoms with E-state index in [-0.39, 0.29) is 41.1 Å². The second-order valence-corrected chi connectivity index (χ2v) is 11.4. The molecule has 1 aliphatic rings. The van der Waals surface area contributed by atoms with E-state index in [0.29, 0.717) is 12.2 Å². The van der Waals surface area contributed by atoms with Crippen LogP contribution in [-0.2, 0) is 24.8 Å². The third kappa shape index (κ3) is 6.84. The number of hydrogen-bond acceptors (Lipinski definition) is 6. The van der Waals surface area contributed by atoms with Crippen molar-refractivity contribution in [3.8, 4) is 0 Å². The topological polar surface area (TPSA) is 131 Å². The summed E-state index contributed by atoms with van der Waals surface area (Å²) in [6.07, 6.45) is 1.63. The van der Waals surface area contributed by atoms with Crippen LogP contribution in [0.5, 0.6) is 0 Å². The van der Waals surface area contributed by atoms with Gasteiger partial charge in [0.05, 0.1) is 15.9 Å². The molecule has 3 rings (SSSR count). The Morgan fingerprint density at radius 3 is 2.36 bits per heavy atom. The van der Waals surface area contributed by atoms with Crippen LogP contribution >= 0.6 is 0 Å². The van der Waals surface area contributed by atoms with Gasteiger partial charge in [0.15, 0.2) is 0 Å². The van der Waals surface area contributed by atoms with Gasteiger partial charge in [0.25, 0.3) is 5.91 Å². The van der Waals surface area contributed by atoms with Crippen molar-refractivity contribution in [3.05, 3.63) is 59.2 Å². The Hall–Kier alpha value is -2.31. The lowest BCUT2D eigenvalue weighted by atomic mass is 10.2. The Bertz CT molecular complexity index is 1190. The molecule has 1 saturated heterocycles. The van der Waals surface area contributed by atoms with Crippen LogP contribution in [0.25, 0.3) is 0 Å². The molecule has 11 heteroatoms. The quantitative estimate of drug-likeness (QED) is 0.428. The van der Waals surface area contributed by atoms with E-state index in [4.69, 9.17) is 4.74 Å². The lowest BCUT2D eigenvalue weighted by Crippen LogP contribution is -2.35. The van der Waals surface area contributed by atoms with E-state index in [1.54, 1.807) is 19.1 Å². The van der Waals surface area contributed by atoms with E-state index in [1.807, 2.05) is 13.0 Å². The van der Waals surface area contributed by atoms with Gasteiger partial charge in [0.2, 0.25) is 20.0 Å². The molecule has 1 aliphatic heterocycles. The minimum atomic E-state index is -3.70. The van der Waals surface area contributed by atoms with Crippen molar-refractivity contribution in [2.45, 2.75) is 42.6 Å². The fraction of sp³-hybridized carbons (Fsp3) is 0.409. The Kier molecular flexibility index (Phi) is 8.24. The second kappa shape index (κ2) is 10.7. The number of nitrogens with one attached hydrogen (secondary N) is 3. The first-order valence-electron chi connectivity index (χ1n) is 10.6. The standard InChI is InChI=1S/C22H29N3O6S2/c1-16-5-6-17(2)21(14-16)33(29,30)24-12-11-23-22(26)18-7-9-20(10-8-18)32(27,28)25-15-19-4-3-13-31-19/h5-10,14,19,24-25H,3-4,11-13,15H2,1-2H3,(H,23,26). The Morgan fingerprint density at radius 1 is 0.970 bits per heavy atom. The zero-order valence-electron chi connectivity index (χ0n) is 18.6. The minimum absolute atomic E-state index is 0.0150. The Balaban J connectivity index is 1.50. The van der Waals surface area contributed by atoms with Crippen LogP contribution in [0.3, 0.4) is 0 Å². The first-order chi connectivity index (χ1) is 15.6. The maximum atomic E-state index is 12.5. The van der Waals surface area contributed by atoms with Crippen LogP contribution in [0.4, 0.5) is 0 Å². The van der Waals surface area contributed by atoms with Gasteiger partial charge < -0.3 is 10.1 Å². The van der Waals surface area contributed by atoms with E-state index in [2.05, 4.69) is 14.8 Å². The SMILES string of the molecule is Cc1ccc(C)c(S(=O)(=O)NCCNC(=O)c2ccc(S(=O)(=O)NCC3CCCO3)cc2)c1. The third-order valence-corrected chi connectivity index (χ3v) is 8.33. The van der Waals surface area contributed by atoms with Crippen molar-refractivity contribution in [2.75, 3.05) is 26.2 Å². The van der Waals surface area contributed by atoms with E-state index in [1.165, 1.54) is 24.3 Å². The smallest absolute Gasteiger partial charge is 0.251 e. The average molecular weight is 496 g/mol. The molecule has 0 radical (unpaired) electrons. The van der Waals surface area contributed by atoms with Crippen molar-refractivity contribution < 1.29 is 26.4 Å². The zero-order valence-corrected chi connectivity index (χ0v) is 20.3. The summed E-state index contributed by atoms with van der Waals surface area (Å²) in [6, 6.07) is 10.7. The molecule has 0 aliphatic carbocycles. The highest BCUT2D eigenvalue weighted by Gasteiger charge is 2.21. The van der Waals surface area contributed by atoms with Gasteiger partial charge in [0, 0.05) is 31.8 Å². The van der Waals surface area contributed by atoms with Crippen LogP contribution in [-0.4, -0.2) is 55.1 Å². The molecule has 0 bridgehead atoms. The van der Waals surface area contributed by atoms with Crippen molar-refractivity contribution in [2.24, 2.45) is 0 Å². The van der Waals surface area contributed by atoms with Gasteiger partial charge in [-0.1, -0.05) is 12.1 Å². The zero-order chi connectivity index (χ0) is 24.1. The summed E-state index contributed by atoms with van der Waals surface area (Å²) in [5.74, 6) is -0.433. The summed E-state index contributed by atoms with van der Waals surface area (Å²) in [4.78, 5) is 12.6. The molecule has 2 aromatic carbocycles. The van der Waals surface area contributed by atoms with Gasteiger partial charge in [-0.25, -0.2) is 26.3 Å². The first kappa shape index (κ1) is 25.3. The third-order valence-electron chi connectivity index (χ3n) is 5.29. The van der Waals surface area contributed by atoms with E-state index in [0.717, 1.165) is 18.4 Å². The highest BCUT2D eigenvalue weighted by atomic mass is 32.2. The summed E-state index contributed by atoms with van der Waals surface area (Å²) in [7, 11) is -7.39. The van der Waals surface area contributed by atoms with Gasteiger partial charge in [-0.2, -0.15) is 0 Å². The summed E-state index contributed by atoms with van der Waals surface area (Å²) < 4.78 is 60.2. The van der Waals surface area contributed by atoms with Gasteiger partial charge in [0.1, 0.15) is 0 Å². The number of benzene rings is 2. The molecule has 9 nitrogen and oxygen atoms in total. The van der Waals surface area contributed by atoms with Crippen LogP contribution in [0.2, 0.25) is 0 Å². The predicted octanol–water partition coefficient (Wildman–Crippen LogP) is 1.47. The summed E-state index contributed by atoms with van der Waals surface area (Å²) >= 11 is 0. The molecule has 33 heavy (non-hydrogen) atoms. The van der Waals surface area contributed by atoms with Crippen LogP contribution < -0.4 is 14.8 Å². The van der Waals surface area contributed by atoms with Crippen molar-refractivity contribution >= 4 is 26.0 Å². The average Bonchev–Trinajstić information content (AvgIpc) is 3.31. The molecule has 1 amide bonds. The molecule has 1 fully saturated rings. The molecular weight excluding hydrogens is 466 g/mol. The minimum Gasteiger partial charge on any atom is -0.377 e. The van der Waals surface area contributed by atoms with Gasteiger partial charge in [-0.05, 0) is 68.1 Å². The molecule has 1 atom stereocenters. The number of aryl methyl sites for hydroxylation is 2. The lowest BCUT2D eigenvalue weighted by Gasteiger charge is -2.12. The molecule has 3 N–H and O–H groups in total. The fourth-order valence-electron chi connectivity index (χ4n) is 3.41. The summed E-state index contributed by atoms with van der Waals surface area (Å²) in [5.41, 5.74) is 1.74. The van der Waals surface area contributed by atoms with E-state index in [9.17, 15) is 21.6 Å². The van der Waals surface area contributed by atoms with Crippen LogP contribution in [0, 0.1) is 13.8 Å². The first-order valence-corrected chi connectivity index (χ1v) is 13.6. The van der Waals surface area contributed by atoms with Crippen molar-refractivity contribution in [1.29, 1.82) is 0 Å². The van der Waals surface area contributed by atoms with Crippen molar-refractivity contribution in [3.63, 3.8) is 0 Å². The number of carbonyl (C=O) groups excluding carboxylic acids is 1. The van der Waals surface area contributed by atoms with Gasteiger partial charge in [-0.3, -0.25) is 4.79 Å². The van der Waals surface area contributed by atoms with E-state index >= 15 is 0 Å². The Labute approximate surface area is 195 Å². The molecule has 2 aromatic rings. The summed E-state index contributed by atoms with van der Waals surface area (Å²) in [6.45, 7) is 4.48. The second-order valence-electron chi connectivity index (χ2n) is 7.93. The predicted molar refractivity (Wildman–Crippen MR) is 124 cm³/mol. The molecule has 0 saturated carbocycles. The van der Waals surface area contributed by atoms with Gasteiger partial charge >= 0.3 is 0 Å². The molecule has 0 spiro atoms. The Morgan fingerprint density at radius 2 is 1.70 bits per heavy atom. The highest BCUT2D eigenvalue weighted by Crippen LogP contribution is 2.16. The number of carbonyl (C=O) groups is 1. The van der Waals surface area contributed by atoms with Crippen molar-refractivity contribution in [1.82, 2.24) is 14.8 Å².